The first-order valence-corrected chi connectivity index (χ1v) is 6.91. The van der Waals surface area contributed by atoms with Gasteiger partial charge in [-0.2, -0.15) is 0 Å². The summed E-state index contributed by atoms with van der Waals surface area (Å²) in [5, 5.41) is 2.97. The van der Waals surface area contributed by atoms with Gasteiger partial charge in [0.15, 0.2) is 0 Å². The molecule has 2 rings (SSSR count). The van der Waals surface area contributed by atoms with Crippen molar-refractivity contribution in [2.75, 3.05) is 0 Å². The van der Waals surface area contributed by atoms with Crippen molar-refractivity contribution in [1.82, 2.24) is 10.2 Å². The van der Waals surface area contributed by atoms with Crippen LogP contribution in [0.1, 0.15) is 53.9 Å². The van der Waals surface area contributed by atoms with Gasteiger partial charge in [0.05, 0.1) is 0 Å². The smallest absolute Gasteiger partial charge is 0.249 e. The number of carbonyl (C=O) groups is 2. The molecule has 1 heterocycles. The Balaban J connectivity index is 2.39. The van der Waals surface area contributed by atoms with Crippen molar-refractivity contribution < 1.29 is 9.59 Å². The topological polar surface area (TPSA) is 49.4 Å². The lowest BCUT2D eigenvalue weighted by atomic mass is 9.83. The summed E-state index contributed by atoms with van der Waals surface area (Å²) >= 11 is 0. The van der Waals surface area contributed by atoms with E-state index < -0.39 is 11.1 Å². The molecule has 1 saturated heterocycles. The van der Waals surface area contributed by atoms with Crippen LogP contribution in [-0.4, -0.2) is 33.8 Å². The third kappa shape index (κ3) is 1.73. The summed E-state index contributed by atoms with van der Waals surface area (Å²) in [4.78, 5) is 26.9. The van der Waals surface area contributed by atoms with Crippen LogP contribution in [0.2, 0.25) is 0 Å². The van der Waals surface area contributed by atoms with Crippen molar-refractivity contribution in [2.24, 2.45) is 5.92 Å². The van der Waals surface area contributed by atoms with Crippen LogP contribution in [0.15, 0.2) is 0 Å². The van der Waals surface area contributed by atoms with Gasteiger partial charge >= 0.3 is 0 Å². The van der Waals surface area contributed by atoms with Crippen molar-refractivity contribution in [1.29, 1.82) is 0 Å². The lowest BCUT2D eigenvalue weighted by Gasteiger charge is -2.51. The van der Waals surface area contributed by atoms with Crippen LogP contribution in [0.25, 0.3) is 0 Å². The molecule has 2 aliphatic rings. The van der Waals surface area contributed by atoms with E-state index in [1.165, 1.54) is 0 Å². The number of hydrogen-bond acceptors (Lipinski definition) is 2. The molecule has 102 valence electrons. The molecule has 2 amide bonds. The second-order valence-electron chi connectivity index (χ2n) is 6.42. The number of piperazine rings is 1. The predicted molar refractivity (Wildman–Crippen MR) is 69.9 cm³/mol. The Labute approximate surface area is 109 Å². The standard InChI is InChI=1S/C14H24N2O2/c1-6-9(2)16-12(18)14(5,10-7-8-10)15-11(17)13(16,3)4/h9-10H,6-8H2,1-5H3,(H,15,17). The number of rotatable bonds is 3. The van der Waals surface area contributed by atoms with Gasteiger partial charge in [-0.1, -0.05) is 6.92 Å². The lowest BCUT2D eigenvalue weighted by Crippen LogP contribution is -2.75. The normalized spacial score (nSPS) is 33.3. The van der Waals surface area contributed by atoms with Crippen molar-refractivity contribution >= 4 is 11.8 Å². The minimum Gasteiger partial charge on any atom is -0.340 e. The van der Waals surface area contributed by atoms with Crippen molar-refractivity contribution in [2.45, 2.75) is 71.0 Å². The molecule has 1 N–H and O–H groups in total. The molecular formula is C14H24N2O2. The van der Waals surface area contributed by atoms with E-state index in [1.54, 1.807) is 4.90 Å². The minimum atomic E-state index is -0.749. The highest BCUT2D eigenvalue weighted by molar-refractivity contribution is 6.02. The highest BCUT2D eigenvalue weighted by atomic mass is 16.2. The maximum Gasteiger partial charge on any atom is 0.249 e. The fraction of sp³-hybridized carbons (Fsp3) is 0.857. The second-order valence-corrected chi connectivity index (χ2v) is 6.42. The number of amides is 2. The molecule has 0 aromatic carbocycles. The SMILES string of the molecule is CCC(C)N1C(=O)C(C)(C2CC2)NC(=O)C1(C)C. The molecule has 2 unspecified atom stereocenters. The monoisotopic (exact) mass is 252 g/mol. The molecule has 4 nitrogen and oxygen atoms in total. The predicted octanol–water partition coefficient (Wildman–Crippen LogP) is 1.69. The number of hydrogen-bond donors (Lipinski definition) is 1. The largest absolute Gasteiger partial charge is 0.340 e. The molecule has 0 radical (unpaired) electrons. The van der Waals surface area contributed by atoms with Gasteiger partial charge in [-0.25, -0.2) is 0 Å². The van der Waals surface area contributed by atoms with Crippen LogP contribution in [0.3, 0.4) is 0 Å². The van der Waals surface area contributed by atoms with Gasteiger partial charge in [0.2, 0.25) is 11.8 Å². The van der Waals surface area contributed by atoms with E-state index in [0.717, 1.165) is 19.3 Å². The van der Waals surface area contributed by atoms with E-state index in [0.29, 0.717) is 5.92 Å². The summed E-state index contributed by atoms with van der Waals surface area (Å²) in [6.07, 6.45) is 2.94. The molecule has 2 atom stereocenters. The fourth-order valence-electron chi connectivity index (χ4n) is 2.93. The van der Waals surface area contributed by atoms with E-state index >= 15 is 0 Å². The van der Waals surface area contributed by atoms with Crippen LogP contribution in [0.4, 0.5) is 0 Å². The second kappa shape index (κ2) is 3.97. The van der Waals surface area contributed by atoms with Gasteiger partial charge in [0, 0.05) is 6.04 Å². The first-order chi connectivity index (χ1) is 8.25. The van der Waals surface area contributed by atoms with Gasteiger partial charge in [-0.05, 0) is 52.9 Å². The molecule has 2 fully saturated rings. The Kier molecular flexibility index (Phi) is 2.95. The molecule has 1 saturated carbocycles. The lowest BCUT2D eigenvalue weighted by molar-refractivity contribution is -0.164. The van der Waals surface area contributed by atoms with Crippen LogP contribution >= 0.6 is 0 Å². The Morgan fingerprint density at radius 2 is 1.89 bits per heavy atom. The maximum absolute atomic E-state index is 12.8. The molecule has 1 aliphatic heterocycles. The van der Waals surface area contributed by atoms with Crippen LogP contribution in [0.5, 0.6) is 0 Å². The molecule has 4 heteroatoms. The summed E-state index contributed by atoms with van der Waals surface area (Å²) in [5.74, 6) is 0.373. The van der Waals surface area contributed by atoms with Gasteiger partial charge in [0.25, 0.3) is 0 Å². The summed E-state index contributed by atoms with van der Waals surface area (Å²) in [7, 11) is 0. The number of nitrogens with one attached hydrogen (secondary N) is 1. The quantitative estimate of drug-likeness (QED) is 0.831. The Hall–Kier alpha value is -1.06. The molecule has 0 bridgehead atoms. The Morgan fingerprint density at radius 3 is 2.33 bits per heavy atom. The maximum atomic E-state index is 12.8. The van der Waals surface area contributed by atoms with Crippen LogP contribution in [-0.2, 0) is 9.59 Å². The van der Waals surface area contributed by atoms with E-state index in [-0.39, 0.29) is 17.9 Å². The summed E-state index contributed by atoms with van der Waals surface area (Å²) < 4.78 is 0. The first-order valence-electron chi connectivity index (χ1n) is 6.91. The zero-order chi connectivity index (χ0) is 13.7. The zero-order valence-corrected chi connectivity index (χ0v) is 12.0. The van der Waals surface area contributed by atoms with E-state index in [9.17, 15) is 9.59 Å². The van der Waals surface area contributed by atoms with E-state index in [1.807, 2.05) is 27.7 Å². The highest BCUT2D eigenvalue weighted by Crippen LogP contribution is 2.44. The Morgan fingerprint density at radius 1 is 1.33 bits per heavy atom. The summed E-state index contributed by atoms with van der Waals surface area (Å²) in [5.41, 5.74) is -1.43. The molecule has 18 heavy (non-hydrogen) atoms. The minimum absolute atomic E-state index is 0.0307. The zero-order valence-electron chi connectivity index (χ0n) is 12.0. The van der Waals surface area contributed by atoms with Crippen LogP contribution < -0.4 is 5.32 Å². The van der Waals surface area contributed by atoms with E-state index in [2.05, 4.69) is 12.2 Å². The molecule has 1 aliphatic carbocycles. The van der Waals surface area contributed by atoms with E-state index in [4.69, 9.17) is 0 Å². The molecule has 0 aromatic rings. The van der Waals surface area contributed by atoms with Crippen molar-refractivity contribution in [3.05, 3.63) is 0 Å². The fourth-order valence-corrected chi connectivity index (χ4v) is 2.93. The summed E-state index contributed by atoms with van der Waals surface area (Å²) in [6, 6.07) is 0.0941. The van der Waals surface area contributed by atoms with Crippen molar-refractivity contribution in [3.8, 4) is 0 Å². The van der Waals surface area contributed by atoms with Gasteiger partial charge in [-0.3, -0.25) is 9.59 Å². The average molecular weight is 252 g/mol. The number of carbonyl (C=O) groups excluding carboxylic acids is 2. The van der Waals surface area contributed by atoms with Crippen LogP contribution in [0, 0.1) is 5.92 Å². The third-order valence-electron chi connectivity index (χ3n) is 4.62. The molecular weight excluding hydrogens is 228 g/mol. The number of nitrogens with zero attached hydrogens (tertiary/aromatic N) is 1. The average Bonchev–Trinajstić information content (AvgIpc) is 3.10. The molecule has 0 aromatic heterocycles. The van der Waals surface area contributed by atoms with Gasteiger partial charge in [0.1, 0.15) is 11.1 Å². The van der Waals surface area contributed by atoms with Gasteiger partial charge in [-0.15, -0.1) is 0 Å². The van der Waals surface area contributed by atoms with Crippen molar-refractivity contribution in [3.63, 3.8) is 0 Å². The molecule has 0 spiro atoms. The highest BCUT2D eigenvalue weighted by Gasteiger charge is 2.58. The van der Waals surface area contributed by atoms with Gasteiger partial charge < -0.3 is 10.2 Å². The Bertz CT molecular complexity index is 387. The first kappa shape index (κ1) is 13.4. The summed E-state index contributed by atoms with van der Waals surface area (Å²) in [6.45, 7) is 9.62. The third-order valence-corrected chi connectivity index (χ3v) is 4.62.